The first-order chi connectivity index (χ1) is 31.4. The Morgan fingerprint density at radius 3 is 1.19 bits per heavy atom. The molecule has 23 heteroatoms. The molecule has 0 spiro atoms. The van der Waals surface area contributed by atoms with Crippen molar-refractivity contribution in [3.8, 4) is 69.0 Å². The van der Waals surface area contributed by atoms with Gasteiger partial charge in [0.15, 0.2) is 69.5 Å². The van der Waals surface area contributed by atoms with E-state index in [1.165, 1.54) is 0 Å². The monoisotopic (exact) mass is 930 g/mol. The maximum Gasteiger partial charge on any atom is 0.338 e. The Kier molecular flexibility index (Phi) is 8.84. The number of rotatable bonds is 6. The van der Waals surface area contributed by atoms with Crippen LogP contribution in [-0.2, 0) is 36.6 Å². The number of phenolic OH excluding ortho intramolecular Hbond substituents is 10. The number of aliphatic hydroxyl groups is 4. The van der Waals surface area contributed by atoms with Crippen molar-refractivity contribution in [2.45, 2.75) is 60.0 Å². The van der Waals surface area contributed by atoms with Crippen molar-refractivity contribution in [2.24, 2.45) is 11.8 Å². The van der Waals surface area contributed by atoms with Crippen LogP contribution in [0.5, 0.6) is 69.0 Å². The molecule has 67 heavy (non-hydrogen) atoms. The summed E-state index contributed by atoms with van der Waals surface area (Å²) in [5.41, 5.74) is -9.43. The van der Waals surface area contributed by atoms with Gasteiger partial charge in [-0.1, -0.05) is 0 Å². The van der Waals surface area contributed by atoms with Gasteiger partial charge in [-0.2, -0.15) is 0 Å². The Labute approximate surface area is 372 Å². The Hall–Kier alpha value is -7.96. The number of phenols is 10. The summed E-state index contributed by atoms with van der Waals surface area (Å²) in [6.45, 7) is 0. The lowest BCUT2D eigenvalue weighted by Gasteiger charge is -2.57. The predicted molar refractivity (Wildman–Crippen MR) is 211 cm³/mol. The minimum atomic E-state index is -3.51. The number of ether oxygens (including phenoxy) is 5. The van der Waals surface area contributed by atoms with Gasteiger partial charge in [-0.05, 0) is 47.6 Å². The highest BCUT2D eigenvalue weighted by Gasteiger charge is 2.94. The van der Waals surface area contributed by atoms with E-state index in [1.807, 2.05) is 0 Å². The Balaban J connectivity index is 1.08. The van der Waals surface area contributed by atoms with Gasteiger partial charge in [-0.3, -0.25) is 9.59 Å². The minimum absolute atomic E-state index is 0.103. The second-order valence-electron chi connectivity index (χ2n) is 16.9. The molecule has 4 aliphatic heterocycles. The normalized spacial score (nSPS) is 31.9. The molecule has 6 aliphatic rings. The maximum atomic E-state index is 14.7. The van der Waals surface area contributed by atoms with E-state index < -0.39 is 175 Å². The Morgan fingerprint density at radius 1 is 0.507 bits per heavy atom. The summed E-state index contributed by atoms with van der Waals surface area (Å²) < 4.78 is 29.2. The summed E-state index contributed by atoms with van der Waals surface area (Å²) >= 11 is 0. The SMILES string of the molecule is O=C(O[C@H]1Cc2c(O)cc(O)cc2O[C@H]1C1=CC(=O)C2(O)C3C([C@H]4Oc5cc(O)cc(O)c5C[C@H]4OC(=O)c4cc(O)c(O)c(O)c4)=CC(=O)C4(O)C1C2(O)OC34O)c1cc(O)c(O)c(O)c1. The number of carbonyl (C=O) groups excluding carboxylic acids is 4. The summed E-state index contributed by atoms with van der Waals surface area (Å²) in [5, 5.41) is 153. The quantitative estimate of drug-likeness (QED) is 0.0866. The molecule has 0 radical (unpaired) electrons. The van der Waals surface area contributed by atoms with Gasteiger partial charge in [0.2, 0.25) is 11.6 Å². The number of hydrogen-bond donors (Lipinski definition) is 14. The van der Waals surface area contributed by atoms with Gasteiger partial charge in [0.05, 0.1) is 23.0 Å². The molecule has 2 saturated heterocycles. The lowest BCUT2D eigenvalue weighted by Crippen LogP contribution is -2.80. The van der Waals surface area contributed by atoms with Crippen molar-refractivity contribution in [1.29, 1.82) is 0 Å². The highest BCUT2D eigenvalue weighted by atomic mass is 16.8. The molecule has 0 amide bonds. The first-order valence-electron chi connectivity index (χ1n) is 19.9. The molecular weight excluding hydrogens is 896 g/mol. The van der Waals surface area contributed by atoms with Crippen LogP contribution in [0, 0.1) is 11.8 Å². The van der Waals surface area contributed by atoms with Crippen molar-refractivity contribution in [1.82, 2.24) is 0 Å². The van der Waals surface area contributed by atoms with Crippen LogP contribution in [0.4, 0.5) is 0 Å². The molecule has 4 aromatic rings. The van der Waals surface area contributed by atoms with Gasteiger partial charge in [0.1, 0.15) is 46.7 Å². The summed E-state index contributed by atoms with van der Waals surface area (Å²) in [7, 11) is 0. The highest BCUT2D eigenvalue weighted by molar-refractivity contribution is 6.08. The third-order valence-corrected chi connectivity index (χ3v) is 13.2. The van der Waals surface area contributed by atoms with Crippen LogP contribution in [0.3, 0.4) is 0 Å². The summed E-state index contributed by atoms with van der Waals surface area (Å²) in [6, 6.07) is 6.68. The number of aromatic hydroxyl groups is 10. The van der Waals surface area contributed by atoms with E-state index in [-0.39, 0.29) is 22.6 Å². The molecule has 10 rings (SSSR count). The van der Waals surface area contributed by atoms with Gasteiger partial charge in [0, 0.05) is 48.2 Å². The van der Waals surface area contributed by atoms with Crippen LogP contribution in [0.1, 0.15) is 31.8 Å². The molecule has 2 bridgehead atoms. The summed E-state index contributed by atoms with van der Waals surface area (Å²) in [4.78, 5) is 56.5. The van der Waals surface area contributed by atoms with Crippen LogP contribution in [0.15, 0.2) is 71.8 Å². The molecule has 10 atom stereocenters. The van der Waals surface area contributed by atoms with E-state index in [2.05, 4.69) is 0 Å². The zero-order valence-corrected chi connectivity index (χ0v) is 33.6. The zero-order chi connectivity index (χ0) is 48.2. The molecule has 6 unspecified atom stereocenters. The van der Waals surface area contributed by atoms with Crippen LogP contribution in [-0.4, -0.2) is 142 Å². The fourth-order valence-corrected chi connectivity index (χ4v) is 10.2. The number of benzene rings is 4. The third-order valence-electron chi connectivity index (χ3n) is 13.2. The topological polar surface area (TPSA) is 398 Å². The van der Waals surface area contributed by atoms with E-state index in [4.69, 9.17) is 23.7 Å². The fraction of sp³-hybridized carbons (Fsp3) is 0.273. The van der Waals surface area contributed by atoms with Gasteiger partial charge in [-0.25, -0.2) is 9.59 Å². The van der Waals surface area contributed by atoms with Gasteiger partial charge < -0.3 is 95.2 Å². The maximum absolute atomic E-state index is 14.7. The zero-order valence-electron chi connectivity index (χ0n) is 33.6. The van der Waals surface area contributed by atoms with E-state index >= 15 is 0 Å². The van der Waals surface area contributed by atoms with E-state index in [9.17, 15) is 90.7 Å². The van der Waals surface area contributed by atoms with E-state index in [0.29, 0.717) is 36.4 Å². The van der Waals surface area contributed by atoms with Crippen LogP contribution < -0.4 is 9.47 Å². The second kappa shape index (κ2) is 13.8. The largest absolute Gasteiger partial charge is 0.508 e. The number of hydrogen-bond acceptors (Lipinski definition) is 23. The number of fused-ring (bicyclic) bond motifs is 4. The molecule has 0 aromatic heterocycles. The number of carbonyl (C=O) groups is 4. The fourth-order valence-electron chi connectivity index (χ4n) is 10.2. The van der Waals surface area contributed by atoms with E-state index in [0.717, 1.165) is 24.3 Å². The molecule has 348 valence electrons. The molecular formula is C44H34O23. The van der Waals surface area contributed by atoms with Gasteiger partial charge in [0.25, 0.3) is 0 Å². The van der Waals surface area contributed by atoms with Crippen molar-refractivity contribution >= 4 is 23.5 Å². The van der Waals surface area contributed by atoms with Crippen molar-refractivity contribution in [3.63, 3.8) is 0 Å². The van der Waals surface area contributed by atoms with E-state index in [1.54, 1.807) is 0 Å². The first kappa shape index (κ1) is 43.0. The predicted octanol–water partition coefficient (Wildman–Crippen LogP) is -0.365. The smallest absolute Gasteiger partial charge is 0.338 e. The Morgan fingerprint density at radius 2 is 0.851 bits per heavy atom. The molecule has 4 aromatic carbocycles. The molecule has 14 N–H and O–H groups in total. The molecule has 2 aliphatic carbocycles. The minimum Gasteiger partial charge on any atom is -0.508 e. The lowest BCUT2D eigenvalue weighted by molar-refractivity contribution is -0.287. The third kappa shape index (κ3) is 5.62. The molecule has 4 heterocycles. The molecule has 0 saturated carbocycles. The second-order valence-corrected chi connectivity index (χ2v) is 16.9. The molecule has 2 fully saturated rings. The first-order valence-corrected chi connectivity index (χ1v) is 19.9. The number of esters is 2. The van der Waals surface area contributed by atoms with Crippen LogP contribution >= 0.6 is 0 Å². The Bertz CT molecular complexity index is 2770. The van der Waals surface area contributed by atoms with Crippen LogP contribution in [0.25, 0.3) is 0 Å². The summed E-state index contributed by atoms with van der Waals surface area (Å²) in [5.74, 6) is -26.2. The molecule has 23 nitrogen and oxygen atoms in total. The standard InChI is InChI=1S/C44H34O23/c45-15-5-21(47)17-9-29(65-39(57)13-1-23(49)33(55)24(50)2-13)35(63-27(17)7-15)19-11-31(53)42(60)38-20(12-32(54)41(59)37(19)43(42,61)67-44(38,41)62)36-30(10-18-22(48)6-16(46)8-28(18)64-36)66-40(58)14-3-25(51)34(56)26(52)4-14/h1-8,11-12,29-30,35-38,45-52,55-56,59-62H,9-10H2/t29-,30+,35-,36+,37?,38?,41?,42?,43?,44?. The van der Waals surface area contributed by atoms with Crippen molar-refractivity contribution in [2.75, 3.05) is 0 Å². The van der Waals surface area contributed by atoms with Gasteiger partial charge >= 0.3 is 11.9 Å². The van der Waals surface area contributed by atoms with Crippen molar-refractivity contribution in [3.05, 3.63) is 94.1 Å². The van der Waals surface area contributed by atoms with Gasteiger partial charge in [-0.15, -0.1) is 0 Å². The van der Waals surface area contributed by atoms with Crippen LogP contribution in [0.2, 0.25) is 0 Å². The summed E-state index contributed by atoms with van der Waals surface area (Å²) in [6.07, 6.45) is -7.27. The lowest BCUT2D eigenvalue weighted by atomic mass is 9.48. The average Bonchev–Trinajstić information content (AvgIpc) is 3.59. The van der Waals surface area contributed by atoms with Crippen molar-refractivity contribution < 1.29 is 114 Å². The average molecular weight is 931 g/mol. The number of ketones is 2. The highest BCUT2D eigenvalue weighted by Crippen LogP contribution is 2.72.